The van der Waals surface area contributed by atoms with E-state index in [1.165, 1.54) is 0 Å². The number of nitrogens with one attached hydrogen (secondary N) is 1. The summed E-state index contributed by atoms with van der Waals surface area (Å²) in [5.41, 5.74) is 8.45. The molecule has 0 spiro atoms. The summed E-state index contributed by atoms with van der Waals surface area (Å²) in [5.74, 6) is 0. The van der Waals surface area contributed by atoms with Crippen LogP contribution in [-0.4, -0.2) is 5.71 Å². The number of hydrogen-bond acceptors (Lipinski definition) is 2. The van der Waals surface area contributed by atoms with Gasteiger partial charge in [-0.15, -0.1) is 0 Å². The number of halogens is 1. The highest BCUT2D eigenvalue weighted by molar-refractivity contribution is 6.02. The van der Waals surface area contributed by atoms with Crippen molar-refractivity contribution in [2.24, 2.45) is 0 Å². The van der Waals surface area contributed by atoms with Crippen LogP contribution in [0.15, 0.2) is 12.1 Å². The van der Waals surface area contributed by atoms with Gasteiger partial charge in [-0.2, -0.15) is 0 Å². The average Bonchev–Trinajstić information content (AvgIpc) is 2.32. The molecule has 0 atom stereocenters. The van der Waals surface area contributed by atoms with Crippen LogP contribution in [0, 0.1) is 12.3 Å². The van der Waals surface area contributed by atoms with Gasteiger partial charge in [-0.3, -0.25) is 0 Å². The number of hydrogen-bond donors (Lipinski definition) is 2. The highest BCUT2D eigenvalue weighted by Gasteiger charge is 2.08. The minimum absolute atomic E-state index is 0.310. The first kappa shape index (κ1) is 18.0. The second-order valence-electron chi connectivity index (χ2n) is 3.15. The van der Waals surface area contributed by atoms with Crippen LogP contribution in [0.1, 0.15) is 51.3 Å². The number of nitrogen functional groups attached to an aromatic ring is 1. The number of nitrogens with two attached hydrogens (primary N) is 1. The van der Waals surface area contributed by atoms with Gasteiger partial charge in [-0.05, 0) is 31.0 Å². The fourth-order valence-corrected chi connectivity index (χ4v) is 1.45. The van der Waals surface area contributed by atoms with E-state index in [4.69, 9.17) is 11.1 Å². The Hall–Kier alpha value is -1.38. The molecule has 98 valence electrons. The summed E-state index contributed by atoms with van der Waals surface area (Å²) in [6.45, 7) is 10.9. The molecule has 0 aliphatic carbocycles. The molecule has 0 radical (unpaired) electrons. The molecular weight excluding hydrogens is 215 g/mol. The Kier molecular flexibility index (Phi) is 10.4. The Labute approximate surface area is 105 Å². The van der Waals surface area contributed by atoms with E-state index in [0.29, 0.717) is 22.5 Å². The van der Waals surface area contributed by atoms with Crippen LogP contribution >= 0.6 is 0 Å². The third kappa shape index (κ3) is 5.48. The van der Waals surface area contributed by atoms with Gasteiger partial charge in [0, 0.05) is 17.0 Å². The Morgan fingerprint density at radius 2 is 1.71 bits per heavy atom. The van der Waals surface area contributed by atoms with Crippen molar-refractivity contribution in [2.75, 3.05) is 5.73 Å². The van der Waals surface area contributed by atoms with Crippen molar-refractivity contribution in [1.82, 2.24) is 0 Å². The van der Waals surface area contributed by atoms with E-state index in [0.717, 1.165) is 5.56 Å². The second kappa shape index (κ2) is 9.82. The van der Waals surface area contributed by atoms with E-state index in [9.17, 15) is 4.39 Å². The summed E-state index contributed by atoms with van der Waals surface area (Å²) < 4.78 is 12.6. The molecule has 1 aromatic rings. The summed E-state index contributed by atoms with van der Waals surface area (Å²) in [6.07, 6.45) is 0. The monoisotopic (exact) mass is 240 g/mol. The number of benzene rings is 1. The van der Waals surface area contributed by atoms with Gasteiger partial charge < -0.3 is 11.1 Å². The standard InChI is InChI=1S/C10H13FN2.2C2H6/c1-6-3-8(5-11)10(7(2)12)9(13)4-6;2*1-2/h3-4,12H,5,13H2,1-2H3;2*1-2H3. The molecule has 1 aromatic carbocycles. The van der Waals surface area contributed by atoms with Crippen LogP contribution in [-0.2, 0) is 6.67 Å². The molecule has 3 heteroatoms. The molecule has 0 unspecified atom stereocenters. The van der Waals surface area contributed by atoms with Crippen LogP contribution in [0.4, 0.5) is 10.1 Å². The van der Waals surface area contributed by atoms with Gasteiger partial charge >= 0.3 is 0 Å². The predicted octanol–water partition coefficient (Wildman–Crippen LogP) is 4.49. The first-order chi connectivity index (χ1) is 8.06. The molecule has 1 rings (SSSR count). The lowest BCUT2D eigenvalue weighted by atomic mass is 10.00. The molecule has 0 fully saturated rings. The molecule has 0 amide bonds. The zero-order valence-corrected chi connectivity index (χ0v) is 11.8. The maximum atomic E-state index is 12.6. The van der Waals surface area contributed by atoms with Crippen LogP contribution in [0.25, 0.3) is 0 Å². The molecule has 0 saturated carbocycles. The van der Waals surface area contributed by atoms with Gasteiger partial charge in [0.25, 0.3) is 0 Å². The summed E-state index contributed by atoms with van der Waals surface area (Å²) >= 11 is 0. The number of alkyl halides is 1. The molecule has 0 saturated heterocycles. The molecule has 0 heterocycles. The predicted molar refractivity (Wildman–Crippen MR) is 75.6 cm³/mol. The third-order valence-electron chi connectivity index (χ3n) is 1.91. The highest BCUT2D eigenvalue weighted by Crippen LogP contribution is 2.21. The quantitative estimate of drug-likeness (QED) is 0.581. The molecule has 0 aliphatic heterocycles. The lowest BCUT2D eigenvalue weighted by molar-refractivity contribution is 0.485. The zero-order chi connectivity index (χ0) is 14.0. The summed E-state index contributed by atoms with van der Waals surface area (Å²) in [4.78, 5) is 0. The molecule has 17 heavy (non-hydrogen) atoms. The lowest BCUT2D eigenvalue weighted by Gasteiger charge is -2.09. The zero-order valence-electron chi connectivity index (χ0n) is 11.8. The minimum atomic E-state index is -0.572. The Morgan fingerprint density at radius 3 is 2.06 bits per heavy atom. The molecule has 3 N–H and O–H groups in total. The Bertz CT molecular complexity index is 346. The van der Waals surface area contributed by atoms with Crippen molar-refractivity contribution in [3.63, 3.8) is 0 Å². The summed E-state index contributed by atoms with van der Waals surface area (Å²) in [7, 11) is 0. The molecule has 0 aromatic heterocycles. The Morgan fingerprint density at radius 1 is 1.24 bits per heavy atom. The maximum absolute atomic E-state index is 12.6. The largest absolute Gasteiger partial charge is 0.398 e. The van der Waals surface area contributed by atoms with E-state index in [1.807, 2.05) is 34.6 Å². The fourth-order valence-electron chi connectivity index (χ4n) is 1.45. The lowest BCUT2D eigenvalue weighted by Crippen LogP contribution is -2.04. The molecule has 0 bridgehead atoms. The van der Waals surface area contributed by atoms with E-state index < -0.39 is 6.67 Å². The van der Waals surface area contributed by atoms with Gasteiger partial charge in [0.1, 0.15) is 6.67 Å². The van der Waals surface area contributed by atoms with Crippen LogP contribution < -0.4 is 5.73 Å². The van der Waals surface area contributed by atoms with Gasteiger partial charge in [0.2, 0.25) is 0 Å². The van der Waals surface area contributed by atoms with Crippen molar-refractivity contribution in [3.8, 4) is 0 Å². The van der Waals surface area contributed by atoms with E-state index >= 15 is 0 Å². The van der Waals surface area contributed by atoms with E-state index in [-0.39, 0.29) is 0 Å². The minimum Gasteiger partial charge on any atom is -0.398 e. The average molecular weight is 240 g/mol. The normalized spacial score (nSPS) is 8.41. The number of anilines is 1. The van der Waals surface area contributed by atoms with Gasteiger partial charge in [0.05, 0.1) is 0 Å². The van der Waals surface area contributed by atoms with Gasteiger partial charge in [-0.1, -0.05) is 33.8 Å². The number of aryl methyl sites for hydroxylation is 1. The van der Waals surface area contributed by atoms with Crippen LogP contribution in [0.2, 0.25) is 0 Å². The smallest absolute Gasteiger partial charge is 0.115 e. The van der Waals surface area contributed by atoms with Gasteiger partial charge in [-0.25, -0.2) is 4.39 Å². The highest BCUT2D eigenvalue weighted by atomic mass is 19.1. The Balaban J connectivity index is 0. The van der Waals surface area contributed by atoms with Crippen molar-refractivity contribution in [3.05, 3.63) is 28.8 Å². The first-order valence-corrected chi connectivity index (χ1v) is 6.06. The number of rotatable bonds is 2. The van der Waals surface area contributed by atoms with Crippen molar-refractivity contribution in [1.29, 1.82) is 5.41 Å². The van der Waals surface area contributed by atoms with Crippen molar-refractivity contribution >= 4 is 11.4 Å². The van der Waals surface area contributed by atoms with E-state index in [1.54, 1.807) is 19.1 Å². The summed E-state index contributed by atoms with van der Waals surface area (Å²) in [5, 5.41) is 7.44. The van der Waals surface area contributed by atoms with E-state index in [2.05, 4.69) is 0 Å². The topological polar surface area (TPSA) is 49.9 Å². The van der Waals surface area contributed by atoms with Crippen molar-refractivity contribution < 1.29 is 4.39 Å². The maximum Gasteiger partial charge on any atom is 0.115 e. The summed E-state index contributed by atoms with van der Waals surface area (Å²) in [6, 6.07) is 3.48. The molecule has 0 aliphatic rings. The third-order valence-corrected chi connectivity index (χ3v) is 1.91. The molecule has 2 nitrogen and oxygen atoms in total. The first-order valence-electron chi connectivity index (χ1n) is 6.06. The fraction of sp³-hybridized carbons (Fsp3) is 0.500. The van der Waals surface area contributed by atoms with Crippen molar-refractivity contribution in [2.45, 2.75) is 48.2 Å². The van der Waals surface area contributed by atoms with Crippen LogP contribution in [0.3, 0.4) is 0 Å². The molecular formula is C14H25FN2. The van der Waals surface area contributed by atoms with Gasteiger partial charge in [0.15, 0.2) is 0 Å². The van der Waals surface area contributed by atoms with Crippen LogP contribution in [0.5, 0.6) is 0 Å². The second-order valence-corrected chi connectivity index (χ2v) is 3.15. The SMILES string of the molecule is CC.CC.CC(=N)c1c(N)cc(C)cc1CF.